The second-order valence-electron chi connectivity index (χ2n) is 8.51. The third-order valence-corrected chi connectivity index (χ3v) is 7.90. The number of piperazine rings is 1. The van der Waals surface area contributed by atoms with Crippen LogP contribution in [-0.2, 0) is 12.8 Å². The summed E-state index contributed by atoms with van der Waals surface area (Å²) in [6, 6.07) is 18.2. The second kappa shape index (κ2) is 9.52. The summed E-state index contributed by atoms with van der Waals surface area (Å²) in [4.78, 5) is 7.17. The maximum Gasteiger partial charge on any atom is 0.124 e. The Morgan fingerprint density at radius 2 is 1.59 bits per heavy atom. The molecule has 1 fully saturated rings. The van der Waals surface area contributed by atoms with Gasteiger partial charge in [0.1, 0.15) is 11.6 Å². The molecule has 2 aliphatic heterocycles. The Bertz CT molecular complexity index is 1100. The summed E-state index contributed by atoms with van der Waals surface area (Å²) in [5.74, 6) is -0.381. The van der Waals surface area contributed by atoms with Crippen LogP contribution in [0.2, 0.25) is 5.02 Å². The van der Waals surface area contributed by atoms with Crippen molar-refractivity contribution in [3.8, 4) is 0 Å². The first kappa shape index (κ1) is 21.9. The van der Waals surface area contributed by atoms with Crippen molar-refractivity contribution in [3.63, 3.8) is 0 Å². The Morgan fingerprint density at radius 1 is 0.844 bits per heavy atom. The number of benzene rings is 3. The lowest BCUT2D eigenvalue weighted by molar-refractivity contribution is 0.0951. The fourth-order valence-corrected chi connectivity index (χ4v) is 5.98. The first-order valence-corrected chi connectivity index (χ1v) is 12.2. The molecule has 0 radical (unpaired) electrons. The van der Waals surface area contributed by atoms with Crippen LogP contribution in [0.3, 0.4) is 0 Å². The summed E-state index contributed by atoms with van der Waals surface area (Å²) in [7, 11) is 0. The Kier molecular flexibility index (Phi) is 6.51. The summed E-state index contributed by atoms with van der Waals surface area (Å²) in [5.41, 5.74) is 3.59. The monoisotopic (exact) mass is 470 g/mol. The Hall–Kier alpha value is -1.92. The molecular weight excluding hydrogens is 446 g/mol. The zero-order valence-electron chi connectivity index (χ0n) is 17.7. The molecule has 3 aromatic carbocycles. The Balaban J connectivity index is 1.30. The lowest BCUT2D eigenvalue weighted by Gasteiger charge is -2.39. The van der Waals surface area contributed by atoms with Crippen molar-refractivity contribution in [2.24, 2.45) is 0 Å². The van der Waals surface area contributed by atoms with Crippen molar-refractivity contribution in [2.45, 2.75) is 28.7 Å². The van der Waals surface area contributed by atoms with E-state index in [-0.39, 0.29) is 17.7 Å². The van der Waals surface area contributed by atoms with Crippen LogP contribution in [-0.4, -0.2) is 42.5 Å². The molecule has 0 spiro atoms. The van der Waals surface area contributed by atoms with Crippen LogP contribution in [0.15, 0.2) is 70.5 Å². The first-order chi connectivity index (χ1) is 15.5. The van der Waals surface area contributed by atoms with Gasteiger partial charge in [-0.25, -0.2) is 8.78 Å². The Morgan fingerprint density at radius 3 is 2.38 bits per heavy atom. The predicted octanol–water partition coefficient (Wildman–Crippen LogP) is 6.23. The third kappa shape index (κ3) is 4.86. The molecule has 1 atom stereocenters. The van der Waals surface area contributed by atoms with Gasteiger partial charge in [-0.2, -0.15) is 0 Å². The molecular formula is C26H25ClF2N2S. The lowest BCUT2D eigenvalue weighted by Crippen LogP contribution is -2.48. The summed E-state index contributed by atoms with van der Waals surface area (Å²) < 4.78 is 27.0. The van der Waals surface area contributed by atoms with Crippen molar-refractivity contribution < 1.29 is 8.78 Å². The van der Waals surface area contributed by atoms with E-state index in [1.165, 1.54) is 28.8 Å². The quantitative estimate of drug-likeness (QED) is 0.446. The van der Waals surface area contributed by atoms with Gasteiger partial charge in [0, 0.05) is 53.6 Å². The van der Waals surface area contributed by atoms with E-state index >= 15 is 0 Å². The van der Waals surface area contributed by atoms with Crippen LogP contribution < -0.4 is 0 Å². The predicted molar refractivity (Wildman–Crippen MR) is 127 cm³/mol. The minimum absolute atomic E-state index is 0.186. The normalized spacial score (nSPS) is 19.3. The van der Waals surface area contributed by atoms with Crippen LogP contribution in [0.1, 0.15) is 22.7 Å². The molecule has 3 aromatic rings. The largest absolute Gasteiger partial charge is 0.300 e. The van der Waals surface area contributed by atoms with Crippen molar-refractivity contribution >= 4 is 23.4 Å². The van der Waals surface area contributed by atoms with E-state index in [9.17, 15) is 8.78 Å². The molecule has 0 aliphatic carbocycles. The maximum atomic E-state index is 13.9. The summed E-state index contributed by atoms with van der Waals surface area (Å²) in [6.45, 7) is 4.92. The molecule has 0 N–H and O–H groups in total. The van der Waals surface area contributed by atoms with Crippen molar-refractivity contribution in [3.05, 3.63) is 94.0 Å². The first-order valence-electron chi connectivity index (χ1n) is 11.0. The molecule has 0 amide bonds. The summed E-state index contributed by atoms with van der Waals surface area (Å²) in [5, 5.41) is 0.740. The van der Waals surface area contributed by atoms with E-state index in [0.717, 1.165) is 60.4 Å². The maximum absolute atomic E-state index is 13.9. The van der Waals surface area contributed by atoms with Gasteiger partial charge in [0.15, 0.2) is 0 Å². The number of rotatable bonds is 4. The molecule has 1 saturated heterocycles. The highest BCUT2D eigenvalue weighted by atomic mass is 35.5. The number of fused-ring (bicyclic) bond motifs is 2. The fraction of sp³-hybridized carbons (Fsp3) is 0.308. The van der Waals surface area contributed by atoms with E-state index in [4.69, 9.17) is 11.6 Å². The van der Waals surface area contributed by atoms with E-state index < -0.39 is 0 Å². The van der Waals surface area contributed by atoms with Crippen LogP contribution >= 0.6 is 23.4 Å². The number of hydrogen-bond donors (Lipinski definition) is 0. The number of hydrogen-bond acceptors (Lipinski definition) is 3. The van der Waals surface area contributed by atoms with E-state index in [1.807, 2.05) is 24.3 Å². The molecule has 2 aliphatic rings. The second-order valence-corrected chi connectivity index (χ2v) is 10.0. The molecule has 2 heterocycles. The van der Waals surface area contributed by atoms with Gasteiger partial charge in [-0.1, -0.05) is 41.6 Å². The van der Waals surface area contributed by atoms with E-state index in [1.54, 1.807) is 23.9 Å². The van der Waals surface area contributed by atoms with Crippen molar-refractivity contribution in [2.75, 3.05) is 32.7 Å². The van der Waals surface area contributed by atoms with Crippen LogP contribution in [0, 0.1) is 11.6 Å². The number of halogens is 3. The SMILES string of the molecule is Fc1ccc(CCN2CCN(C3Cc4ccc(F)cc4Sc4ccc(Cl)cc43)CC2)cc1. The zero-order chi connectivity index (χ0) is 22.1. The third-order valence-electron chi connectivity index (χ3n) is 6.47. The van der Waals surface area contributed by atoms with Crippen molar-refractivity contribution in [1.29, 1.82) is 0 Å². The molecule has 5 rings (SSSR count). The smallest absolute Gasteiger partial charge is 0.124 e. The standard InChI is InChI=1S/C26H25ClF2N2S/c27-20-4-8-25-23(16-20)24(15-19-3-7-22(29)17-26(19)32-25)31-13-11-30(12-14-31)10-9-18-1-5-21(28)6-2-18/h1-8,16-17,24H,9-15H2. The average molecular weight is 471 g/mol. The molecule has 0 aromatic heterocycles. The minimum atomic E-state index is -0.194. The van der Waals surface area contributed by atoms with Gasteiger partial charge in [0.2, 0.25) is 0 Å². The van der Waals surface area contributed by atoms with Gasteiger partial charge in [0.25, 0.3) is 0 Å². The van der Waals surface area contributed by atoms with Crippen molar-refractivity contribution in [1.82, 2.24) is 9.80 Å². The summed E-state index contributed by atoms with van der Waals surface area (Å²) >= 11 is 8.02. The fourth-order valence-electron chi connectivity index (χ4n) is 4.66. The minimum Gasteiger partial charge on any atom is -0.300 e. The molecule has 32 heavy (non-hydrogen) atoms. The van der Waals surface area contributed by atoms with Gasteiger partial charge in [-0.15, -0.1) is 0 Å². The molecule has 166 valence electrons. The molecule has 2 nitrogen and oxygen atoms in total. The highest BCUT2D eigenvalue weighted by molar-refractivity contribution is 7.99. The number of nitrogens with zero attached hydrogens (tertiary/aromatic N) is 2. The van der Waals surface area contributed by atoms with Gasteiger partial charge in [0.05, 0.1) is 0 Å². The molecule has 1 unspecified atom stereocenters. The van der Waals surface area contributed by atoms with Gasteiger partial charge in [-0.3, -0.25) is 4.90 Å². The Labute approximate surface area is 197 Å². The van der Waals surface area contributed by atoms with Crippen LogP contribution in [0.25, 0.3) is 0 Å². The van der Waals surface area contributed by atoms with E-state index in [0.29, 0.717) is 0 Å². The van der Waals surface area contributed by atoms with Crippen LogP contribution in [0.5, 0.6) is 0 Å². The van der Waals surface area contributed by atoms with Gasteiger partial charge in [-0.05, 0) is 72.0 Å². The van der Waals surface area contributed by atoms with Crippen LogP contribution in [0.4, 0.5) is 8.78 Å². The summed E-state index contributed by atoms with van der Waals surface area (Å²) in [6.07, 6.45) is 1.78. The van der Waals surface area contributed by atoms with Gasteiger partial charge >= 0.3 is 0 Å². The highest BCUT2D eigenvalue weighted by Crippen LogP contribution is 2.44. The average Bonchev–Trinajstić information content (AvgIpc) is 2.95. The van der Waals surface area contributed by atoms with Gasteiger partial charge < -0.3 is 4.90 Å². The molecule has 0 bridgehead atoms. The lowest BCUT2D eigenvalue weighted by atomic mass is 9.96. The molecule has 6 heteroatoms. The van der Waals surface area contributed by atoms with E-state index in [2.05, 4.69) is 21.9 Å². The molecule has 0 saturated carbocycles. The topological polar surface area (TPSA) is 6.48 Å². The zero-order valence-corrected chi connectivity index (χ0v) is 19.3. The highest BCUT2D eigenvalue weighted by Gasteiger charge is 2.30.